The first-order chi connectivity index (χ1) is 13.0. The maximum absolute atomic E-state index is 13.0. The fraction of sp³-hybridized carbons (Fsp3) is 0.364. The highest BCUT2D eigenvalue weighted by Crippen LogP contribution is 2.61. The summed E-state index contributed by atoms with van der Waals surface area (Å²) in [5, 5.41) is 0. The van der Waals surface area contributed by atoms with E-state index in [1.165, 1.54) is 14.2 Å². The predicted octanol–water partition coefficient (Wildman–Crippen LogP) is 2.81. The van der Waals surface area contributed by atoms with Crippen molar-refractivity contribution in [1.82, 2.24) is 0 Å². The Morgan fingerprint density at radius 1 is 0.889 bits per heavy atom. The zero-order valence-electron chi connectivity index (χ0n) is 15.6. The van der Waals surface area contributed by atoms with Crippen LogP contribution < -0.4 is 0 Å². The average molecular weight is 366 g/mol. The van der Waals surface area contributed by atoms with Gasteiger partial charge in [-0.05, 0) is 16.7 Å². The summed E-state index contributed by atoms with van der Waals surface area (Å²) in [6.45, 7) is 2.27. The van der Waals surface area contributed by atoms with E-state index in [-0.39, 0.29) is 0 Å². The van der Waals surface area contributed by atoms with Crippen molar-refractivity contribution in [2.45, 2.75) is 17.9 Å². The highest BCUT2D eigenvalue weighted by Gasteiger charge is 2.68. The summed E-state index contributed by atoms with van der Waals surface area (Å²) in [6, 6.07) is 17.4. The number of carbonyl (C=O) groups is 2. The average Bonchev–Trinajstić information content (AvgIpc) is 2.73. The molecule has 0 amide bonds. The molecule has 0 radical (unpaired) electrons. The summed E-state index contributed by atoms with van der Waals surface area (Å²) < 4.78 is 16.7. The maximum Gasteiger partial charge on any atom is 0.313 e. The van der Waals surface area contributed by atoms with Crippen molar-refractivity contribution in [2.75, 3.05) is 20.8 Å². The van der Waals surface area contributed by atoms with Gasteiger partial charge in [0.1, 0.15) is 11.5 Å². The lowest BCUT2D eigenvalue weighted by atomic mass is 9.51. The van der Waals surface area contributed by atoms with Gasteiger partial charge in [-0.2, -0.15) is 0 Å². The standard InChI is InChI=1S/C22H22O5/c1-21-13-27-22(14-9-5-4-6-10-14,16-12-8-7-11-15(16)21)18(20(24)26-3)17(21)19(23)25-2/h4-12,17-18H,13H2,1-3H3/t17-,18-,21-,22?/m0/s1. The summed E-state index contributed by atoms with van der Waals surface area (Å²) >= 11 is 0. The Kier molecular flexibility index (Phi) is 4.07. The zero-order chi connectivity index (χ0) is 19.2. The molecule has 0 N–H and O–H groups in total. The van der Waals surface area contributed by atoms with E-state index < -0.39 is 34.8 Å². The summed E-state index contributed by atoms with van der Waals surface area (Å²) in [7, 11) is 2.69. The summed E-state index contributed by atoms with van der Waals surface area (Å²) in [5.41, 5.74) is 0.959. The van der Waals surface area contributed by atoms with Crippen LogP contribution in [0.5, 0.6) is 0 Å². The molecule has 2 bridgehead atoms. The van der Waals surface area contributed by atoms with Crippen molar-refractivity contribution >= 4 is 11.9 Å². The van der Waals surface area contributed by atoms with Crippen LogP contribution >= 0.6 is 0 Å². The number of carbonyl (C=O) groups excluding carboxylic acids is 2. The van der Waals surface area contributed by atoms with E-state index >= 15 is 0 Å². The summed E-state index contributed by atoms with van der Waals surface area (Å²) in [5.74, 6) is -2.45. The monoisotopic (exact) mass is 366 g/mol. The van der Waals surface area contributed by atoms with Crippen LogP contribution in [-0.4, -0.2) is 32.8 Å². The second kappa shape index (κ2) is 6.20. The second-order valence-corrected chi connectivity index (χ2v) is 7.36. The van der Waals surface area contributed by atoms with Crippen molar-refractivity contribution in [3.8, 4) is 0 Å². The zero-order valence-corrected chi connectivity index (χ0v) is 15.6. The van der Waals surface area contributed by atoms with E-state index in [0.29, 0.717) is 6.61 Å². The first-order valence-corrected chi connectivity index (χ1v) is 8.96. The Labute approximate surface area is 158 Å². The molecule has 5 heteroatoms. The normalized spacial score (nSPS) is 31.1. The lowest BCUT2D eigenvalue weighted by Gasteiger charge is -2.59. The quantitative estimate of drug-likeness (QED) is 0.782. The molecule has 0 saturated carbocycles. The number of methoxy groups -OCH3 is 2. The third kappa shape index (κ3) is 2.21. The molecule has 5 nitrogen and oxygen atoms in total. The molecule has 3 aliphatic rings. The molecule has 2 aromatic carbocycles. The fourth-order valence-electron chi connectivity index (χ4n) is 4.90. The fourth-order valence-corrected chi connectivity index (χ4v) is 4.90. The highest BCUT2D eigenvalue weighted by atomic mass is 16.5. The first-order valence-electron chi connectivity index (χ1n) is 8.96. The van der Waals surface area contributed by atoms with Gasteiger partial charge in [0.05, 0.1) is 26.7 Å². The van der Waals surface area contributed by atoms with Gasteiger partial charge >= 0.3 is 11.9 Å². The third-order valence-corrected chi connectivity index (χ3v) is 6.11. The molecular formula is C22H22O5. The second-order valence-electron chi connectivity index (χ2n) is 7.36. The molecule has 0 spiro atoms. The van der Waals surface area contributed by atoms with Gasteiger partial charge in [0, 0.05) is 5.41 Å². The van der Waals surface area contributed by atoms with Crippen LogP contribution in [0, 0.1) is 11.8 Å². The van der Waals surface area contributed by atoms with Gasteiger partial charge in [-0.25, -0.2) is 0 Å². The minimum atomic E-state index is -1.10. The molecule has 2 aromatic rings. The number of esters is 2. The molecule has 1 saturated heterocycles. The minimum Gasteiger partial charge on any atom is -0.469 e. The maximum atomic E-state index is 13.0. The molecular weight excluding hydrogens is 344 g/mol. The van der Waals surface area contributed by atoms with Gasteiger partial charge in [-0.1, -0.05) is 61.5 Å². The van der Waals surface area contributed by atoms with Gasteiger partial charge in [-0.15, -0.1) is 0 Å². The molecule has 140 valence electrons. The first kappa shape index (κ1) is 17.7. The molecule has 2 aliphatic heterocycles. The molecule has 1 unspecified atom stereocenters. The predicted molar refractivity (Wildman–Crippen MR) is 98.0 cm³/mol. The number of ether oxygens (including phenoxy) is 3. The topological polar surface area (TPSA) is 61.8 Å². The van der Waals surface area contributed by atoms with Gasteiger partial charge < -0.3 is 14.2 Å². The molecule has 2 heterocycles. The third-order valence-electron chi connectivity index (χ3n) is 6.11. The van der Waals surface area contributed by atoms with E-state index in [1.807, 2.05) is 61.5 Å². The lowest BCUT2D eigenvalue weighted by molar-refractivity contribution is -0.208. The smallest absolute Gasteiger partial charge is 0.313 e. The van der Waals surface area contributed by atoms with Crippen molar-refractivity contribution in [2.24, 2.45) is 11.8 Å². The summed E-state index contributed by atoms with van der Waals surface area (Å²) in [6.07, 6.45) is 0. The van der Waals surface area contributed by atoms with Gasteiger partial charge in [-0.3, -0.25) is 9.59 Å². The minimum absolute atomic E-state index is 0.312. The molecule has 4 atom stereocenters. The van der Waals surface area contributed by atoms with Crippen molar-refractivity contribution in [1.29, 1.82) is 0 Å². The molecule has 5 rings (SSSR count). The molecule has 1 aliphatic carbocycles. The Morgan fingerprint density at radius 2 is 1.44 bits per heavy atom. The van der Waals surface area contributed by atoms with Crippen LogP contribution in [-0.2, 0) is 34.8 Å². The van der Waals surface area contributed by atoms with Gasteiger partial charge in [0.25, 0.3) is 0 Å². The number of fused-ring (bicyclic) bond motifs is 2. The Balaban J connectivity index is 2.09. The molecule has 0 aromatic heterocycles. The van der Waals surface area contributed by atoms with Crippen molar-refractivity contribution in [3.05, 3.63) is 71.3 Å². The van der Waals surface area contributed by atoms with E-state index in [0.717, 1.165) is 16.7 Å². The van der Waals surface area contributed by atoms with Crippen LogP contribution in [0.1, 0.15) is 23.6 Å². The number of hydrogen-bond acceptors (Lipinski definition) is 5. The summed E-state index contributed by atoms with van der Waals surface area (Å²) in [4.78, 5) is 25.9. The van der Waals surface area contributed by atoms with E-state index in [2.05, 4.69) is 0 Å². The Morgan fingerprint density at radius 3 is 2.07 bits per heavy atom. The Hall–Kier alpha value is -2.66. The van der Waals surface area contributed by atoms with Crippen LogP contribution in [0.3, 0.4) is 0 Å². The SMILES string of the molecule is COC(=O)[C@@H]1[C@@H](C(=O)OC)[C@@]2(C)COC1(c1ccccc1)c1ccccc12. The number of benzene rings is 2. The van der Waals surface area contributed by atoms with Crippen molar-refractivity contribution in [3.63, 3.8) is 0 Å². The van der Waals surface area contributed by atoms with Crippen molar-refractivity contribution < 1.29 is 23.8 Å². The van der Waals surface area contributed by atoms with Crippen LogP contribution in [0.15, 0.2) is 54.6 Å². The van der Waals surface area contributed by atoms with Crippen LogP contribution in [0.4, 0.5) is 0 Å². The van der Waals surface area contributed by atoms with Gasteiger partial charge in [0.2, 0.25) is 0 Å². The highest BCUT2D eigenvalue weighted by molar-refractivity contribution is 5.87. The van der Waals surface area contributed by atoms with Crippen LogP contribution in [0.25, 0.3) is 0 Å². The molecule has 1 fully saturated rings. The van der Waals surface area contributed by atoms with Gasteiger partial charge in [0.15, 0.2) is 0 Å². The van der Waals surface area contributed by atoms with E-state index in [9.17, 15) is 9.59 Å². The molecule has 27 heavy (non-hydrogen) atoms. The van der Waals surface area contributed by atoms with E-state index in [4.69, 9.17) is 14.2 Å². The van der Waals surface area contributed by atoms with Crippen LogP contribution in [0.2, 0.25) is 0 Å². The lowest BCUT2D eigenvalue weighted by Crippen LogP contribution is -2.66. The number of hydrogen-bond donors (Lipinski definition) is 0. The number of rotatable bonds is 3. The Bertz CT molecular complexity index is 893. The van der Waals surface area contributed by atoms with E-state index in [1.54, 1.807) is 0 Å². The largest absolute Gasteiger partial charge is 0.469 e.